The van der Waals surface area contributed by atoms with Crippen LogP contribution in [0.25, 0.3) is 22.2 Å². The van der Waals surface area contributed by atoms with Crippen LogP contribution in [0.1, 0.15) is 10.4 Å². The predicted octanol–water partition coefficient (Wildman–Crippen LogP) is -0.786. The maximum Gasteiger partial charge on any atom is 1.00 e. The van der Waals surface area contributed by atoms with Gasteiger partial charge in [-0.05, 0) is 48.5 Å². The van der Waals surface area contributed by atoms with E-state index >= 15 is 0 Å². The largest absolute Gasteiger partial charge is 1.00 e. The number of fused-ring (bicyclic) bond motifs is 1. The minimum absolute atomic E-state index is 0. The van der Waals surface area contributed by atoms with Crippen LogP contribution >= 0.6 is 0 Å². The van der Waals surface area contributed by atoms with E-state index in [1.54, 1.807) is 12.1 Å². The molecule has 1 aromatic heterocycles. The fourth-order valence-electron chi connectivity index (χ4n) is 2.32. The molecule has 2 aromatic carbocycles. The van der Waals surface area contributed by atoms with Crippen molar-refractivity contribution in [3.05, 3.63) is 54.1 Å². The number of aromatic hydroxyl groups is 1. The normalized spacial score (nSPS) is 11.1. The number of hydrogen-bond acceptors (Lipinski definition) is 6. The average molecular weight is 367 g/mol. The summed E-state index contributed by atoms with van der Waals surface area (Å²) in [6.07, 6.45) is 0. The molecule has 1 heterocycles. The number of nitrogens with zero attached hydrogens (tertiary/aromatic N) is 1. The summed E-state index contributed by atoms with van der Waals surface area (Å²) in [5, 5.41) is 18.8. The Morgan fingerprint density at radius 1 is 1.04 bits per heavy atom. The summed E-state index contributed by atoms with van der Waals surface area (Å²) in [6.45, 7) is 0. The summed E-state index contributed by atoms with van der Waals surface area (Å²) >= 11 is 0. The Balaban J connectivity index is 0.00000225. The Bertz CT molecular complexity index is 1060. The molecule has 25 heavy (non-hydrogen) atoms. The molecule has 0 aliphatic rings. The van der Waals surface area contributed by atoms with Crippen molar-refractivity contribution in [1.29, 1.82) is 0 Å². The molecule has 9 heteroatoms. The third-order valence-corrected chi connectivity index (χ3v) is 4.29. The smallest absolute Gasteiger partial charge is 0.744 e. The number of benzene rings is 2. The van der Waals surface area contributed by atoms with Crippen LogP contribution in [0.5, 0.6) is 5.75 Å². The molecule has 0 saturated carbocycles. The second-order valence-corrected chi connectivity index (χ2v) is 6.42. The zero-order valence-corrected chi connectivity index (χ0v) is 15.8. The fourth-order valence-corrected chi connectivity index (χ4v) is 2.81. The van der Waals surface area contributed by atoms with Crippen LogP contribution in [0.3, 0.4) is 0 Å². The zero-order chi connectivity index (χ0) is 17.5. The van der Waals surface area contributed by atoms with Gasteiger partial charge in [-0.3, -0.25) is 0 Å². The van der Waals surface area contributed by atoms with Crippen LogP contribution in [0.4, 0.5) is 0 Å². The Labute approximate surface area is 165 Å². The third kappa shape index (κ3) is 4.00. The van der Waals surface area contributed by atoms with Gasteiger partial charge in [0, 0.05) is 10.9 Å². The summed E-state index contributed by atoms with van der Waals surface area (Å²) in [5.41, 5.74) is 0.995. The SMILES string of the molecule is O=C(O)c1cc(-c2ccc(O)cc2)nc2ccc(S(=O)(=O)[O-])cc12.[Na+]. The van der Waals surface area contributed by atoms with Crippen molar-refractivity contribution in [1.82, 2.24) is 4.98 Å². The summed E-state index contributed by atoms with van der Waals surface area (Å²) in [7, 11) is -4.70. The Morgan fingerprint density at radius 3 is 2.24 bits per heavy atom. The number of carboxylic acid groups (broad SMARTS) is 1. The van der Waals surface area contributed by atoms with Gasteiger partial charge < -0.3 is 14.8 Å². The molecule has 7 nitrogen and oxygen atoms in total. The van der Waals surface area contributed by atoms with E-state index in [1.807, 2.05) is 0 Å². The summed E-state index contributed by atoms with van der Waals surface area (Å²) in [4.78, 5) is 15.3. The first-order valence-electron chi connectivity index (χ1n) is 6.69. The molecule has 0 atom stereocenters. The monoisotopic (exact) mass is 367 g/mol. The molecule has 0 aliphatic carbocycles. The minimum Gasteiger partial charge on any atom is -0.744 e. The van der Waals surface area contributed by atoms with E-state index in [9.17, 15) is 28.0 Å². The number of carbonyl (C=O) groups is 1. The number of carboxylic acids is 1. The molecule has 3 rings (SSSR count). The van der Waals surface area contributed by atoms with Gasteiger partial charge in [0.05, 0.1) is 21.7 Å². The molecule has 0 bridgehead atoms. The number of phenolic OH excluding ortho intramolecular Hbond substituents is 1. The topological polar surface area (TPSA) is 128 Å². The quantitative estimate of drug-likeness (QED) is 0.459. The van der Waals surface area contributed by atoms with Crippen LogP contribution in [0.15, 0.2) is 53.4 Å². The van der Waals surface area contributed by atoms with Gasteiger partial charge >= 0.3 is 35.5 Å². The van der Waals surface area contributed by atoms with Crippen LogP contribution in [-0.2, 0) is 10.1 Å². The predicted molar refractivity (Wildman–Crippen MR) is 83.8 cm³/mol. The van der Waals surface area contributed by atoms with E-state index in [0.29, 0.717) is 11.3 Å². The van der Waals surface area contributed by atoms with Gasteiger partial charge in [0.15, 0.2) is 0 Å². The molecule has 0 saturated heterocycles. The molecule has 0 aliphatic heterocycles. The summed E-state index contributed by atoms with van der Waals surface area (Å²) in [5.74, 6) is -1.22. The van der Waals surface area contributed by atoms with Crippen LogP contribution in [0, 0.1) is 0 Å². The van der Waals surface area contributed by atoms with Crippen molar-refractivity contribution in [3.63, 3.8) is 0 Å². The first-order chi connectivity index (χ1) is 11.3. The molecule has 0 amide bonds. The number of hydrogen-bond donors (Lipinski definition) is 2. The number of rotatable bonds is 3. The summed E-state index contributed by atoms with van der Waals surface area (Å²) < 4.78 is 33.4. The maximum absolute atomic E-state index is 11.5. The van der Waals surface area contributed by atoms with Crippen LogP contribution in [-0.4, -0.2) is 34.1 Å². The number of phenols is 1. The van der Waals surface area contributed by atoms with Crippen molar-refractivity contribution in [2.75, 3.05) is 0 Å². The van der Waals surface area contributed by atoms with Gasteiger partial charge in [-0.2, -0.15) is 0 Å². The van der Waals surface area contributed by atoms with Crippen molar-refractivity contribution in [2.24, 2.45) is 0 Å². The Morgan fingerprint density at radius 2 is 1.68 bits per heavy atom. The first-order valence-corrected chi connectivity index (χ1v) is 8.10. The standard InChI is InChI=1S/C16H11NO6S.Na/c18-10-3-1-9(2-4-10)15-8-13(16(19)20)12-7-11(24(21,22)23)5-6-14(12)17-15;/h1-8,18H,(H,19,20)(H,21,22,23);/q;+1/p-1. The van der Waals surface area contributed by atoms with E-state index in [1.165, 1.54) is 24.3 Å². The zero-order valence-electron chi connectivity index (χ0n) is 13.0. The van der Waals surface area contributed by atoms with Gasteiger partial charge in [-0.25, -0.2) is 18.2 Å². The van der Waals surface area contributed by atoms with Gasteiger partial charge in [0.25, 0.3) is 0 Å². The maximum atomic E-state index is 11.5. The van der Waals surface area contributed by atoms with E-state index in [4.69, 9.17) is 0 Å². The molecule has 0 unspecified atom stereocenters. The summed E-state index contributed by atoms with van der Waals surface area (Å²) in [6, 6.07) is 10.7. The number of pyridine rings is 1. The van der Waals surface area contributed by atoms with E-state index < -0.39 is 21.0 Å². The first kappa shape index (κ1) is 19.4. The molecule has 0 radical (unpaired) electrons. The van der Waals surface area contributed by atoms with Crippen molar-refractivity contribution in [2.45, 2.75) is 4.90 Å². The second-order valence-electron chi connectivity index (χ2n) is 5.04. The number of aromatic nitrogens is 1. The van der Waals surface area contributed by atoms with Crippen LogP contribution in [0.2, 0.25) is 0 Å². The van der Waals surface area contributed by atoms with Crippen molar-refractivity contribution < 1.29 is 57.5 Å². The minimum atomic E-state index is -4.70. The van der Waals surface area contributed by atoms with E-state index in [-0.39, 0.29) is 51.8 Å². The molecular formula is C16H10NNaO6S. The van der Waals surface area contributed by atoms with Gasteiger partial charge in [0.1, 0.15) is 15.9 Å². The van der Waals surface area contributed by atoms with Crippen molar-refractivity contribution in [3.8, 4) is 17.0 Å². The molecular weight excluding hydrogens is 357 g/mol. The van der Waals surface area contributed by atoms with E-state index in [0.717, 1.165) is 12.1 Å². The van der Waals surface area contributed by atoms with Gasteiger partial charge in [-0.15, -0.1) is 0 Å². The Hall–Kier alpha value is -1.97. The number of aromatic carboxylic acids is 1. The fraction of sp³-hybridized carbons (Fsp3) is 0. The van der Waals surface area contributed by atoms with Gasteiger partial charge in [-0.1, -0.05) is 0 Å². The Kier molecular flexibility index (Phi) is 5.50. The van der Waals surface area contributed by atoms with Crippen molar-refractivity contribution >= 4 is 27.0 Å². The molecule has 2 N–H and O–H groups in total. The third-order valence-electron chi connectivity index (χ3n) is 3.46. The molecule has 3 aromatic rings. The van der Waals surface area contributed by atoms with E-state index in [2.05, 4.69) is 4.98 Å². The molecule has 0 spiro atoms. The van der Waals surface area contributed by atoms with Crippen LogP contribution < -0.4 is 29.6 Å². The molecule has 0 fully saturated rings. The van der Waals surface area contributed by atoms with Gasteiger partial charge in [0.2, 0.25) is 0 Å². The average Bonchev–Trinajstić information content (AvgIpc) is 2.53. The second kappa shape index (κ2) is 7.11. The molecule has 122 valence electrons.